The molecule has 108 valence electrons. The van der Waals surface area contributed by atoms with Crippen LogP contribution in [0.1, 0.15) is 6.42 Å². The third kappa shape index (κ3) is 10.3. The number of rotatable bonds is 9. The standard InChI is InChI=1S/C10H18F3NO4/c1-14(3-6-17-7-4-15)9(16)2-5-18-8-10(11,12)13/h15H,2-8H2,1H3. The maximum Gasteiger partial charge on any atom is 0.411 e. The van der Waals surface area contributed by atoms with Crippen LogP contribution in [0, 0.1) is 0 Å². The van der Waals surface area contributed by atoms with E-state index in [9.17, 15) is 18.0 Å². The number of carbonyl (C=O) groups is 1. The van der Waals surface area contributed by atoms with Crippen molar-refractivity contribution >= 4 is 5.91 Å². The topological polar surface area (TPSA) is 59.0 Å². The first-order valence-electron chi connectivity index (χ1n) is 5.44. The number of hydrogen-bond acceptors (Lipinski definition) is 4. The van der Waals surface area contributed by atoms with Gasteiger partial charge < -0.3 is 19.5 Å². The van der Waals surface area contributed by atoms with Crippen molar-refractivity contribution in [2.24, 2.45) is 0 Å². The third-order valence-corrected chi connectivity index (χ3v) is 1.96. The summed E-state index contributed by atoms with van der Waals surface area (Å²) >= 11 is 0. The molecule has 0 aromatic heterocycles. The number of aliphatic hydroxyl groups is 1. The van der Waals surface area contributed by atoms with Gasteiger partial charge in [0.15, 0.2) is 0 Å². The van der Waals surface area contributed by atoms with E-state index in [1.165, 1.54) is 11.9 Å². The Kier molecular flexibility index (Phi) is 8.69. The van der Waals surface area contributed by atoms with E-state index in [-0.39, 0.29) is 38.8 Å². The smallest absolute Gasteiger partial charge is 0.394 e. The third-order valence-electron chi connectivity index (χ3n) is 1.96. The number of likely N-dealkylation sites (N-methyl/N-ethyl adjacent to an activating group) is 1. The Morgan fingerprint density at radius 2 is 1.89 bits per heavy atom. The van der Waals surface area contributed by atoms with Crippen molar-refractivity contribution in [1.82, 2.24) is 4.90 Å². The van der Waals surface area contributed by atoms with Crippen LogP contribution in [0.3, 0.4) is 0 Å². The highest BCUT2D eigenvalue weighted by Crippen LogP contribution is 2.14. The van der Waals surface area contributed by atoms with Gasteiger partial charge in [-0.15, -0.1) is 0 Å². The van der Waals surface area contributed by atoms with E-state index in [0.29, 0.717) is 6.54 Å². The number of nitrogens with zero attached hydrogens (tertiary/aromatic N) is 1. The Morgan fingerprint density at radius 1 is 1.22 bits per heavy atom. The van der Waals surface area contributed by atoms with Crippen LogP contribution in [0.15, 0.2) is 0 Å². The molecular formula is C10H18F3NO4. The van der Waals surface area contributed by atoms with Crippen molar-refractivity contribution in [2.45, 2.75) is 12.6 Å². The maximum atomic E-state index is 11.7. The molecule has 0 spiro atoms. The minimum Gasteiger partial charge on any atom is -0.394 e. The Hall–Kier alpha value is -0.860. The SMILES string of the molecule is CN(CCOCCO)C(=O)CCOCC(F)(F)F. The van der Waals surface area contributed by atoms with Crippen molar-refractivity contribution in [3.05, 3.63) is 0 Å². The molecule has 0 aliphatic carbocycles. The molecule has 8 heteroatoms. The highest BCUT2D eigenvalue weighted by atomic mass is 19.4. The van der Waals surface area contributed by atoms with Gasteiger partial charge in [-0.3, -0.25) is 4.79 Å². The molecule has 1 N–H and O–H groups in total. The number of halogens is 3. The molecule has 0 unspecified atom stereocenters. The fraction of sp³-hybridized carbons (Fsp3) is 0.900. The molecule has 0 aromatic carbocycles. The van der Waals surface area contributed by atoms with Crippen molar-refractivity contribution < 1.29 is 32.5 Å². The number of amides is 1. The largest absolute Gasteiger partial charge is 0.411 e. The molecule has 5 nitrogen and oxygen atoms in total. The van der Waals surface area contributed by atoms with Crippen molar-refractivity contribution in [3.8, 4) is 0 Å². The highest BCUT2D eigenvalue weighted by Gasteiger charge is 2.27. The molecule has 0 rings (SSSR count). The second-order valence-electron chi connectivity index (χ2n) is 3.57. The van der Waals surface area contributed by atoms with Crippen LogP contribution in [0.2, 0.25) is 0 Å². The minimum atomic E-state index is -4.37. The van der Waals surface area contributed by atoms with Crippen LogP contribution >= 0.6 is 0 Å². The van der Waals surface area contributed by atoms with Crippen molar-refractivity contribution in [1.29, 1.82) is 0 Å². The maximum absolute atomic E-state index is 11.7. The first kappa shape index (κ1) is 17.1. The first-order valence-corrected chi connectivity index (χ1v) is 5.44. The van der Waals surface area contributed by atoms with Gasteiger partial charge in [-0.05, 0) is 0 Å². The van der Waals surface area contributed by atoms with Crippen LogP contribution in [0.5, 0.6) is 0 Å². The zero-order valence-corrected chi connectivity index (χ0v) is 10.2. The lowest BCUT2D eigenvalue weighted by Crippen LogP contribution is -2.31. The lowest BCUT2D eigenvalue weighted by molar-refractivity contribution is -0.175. The Balaban J connectivity index is 3.56. The van der Waals surface area contributed by atoms with E-state index in [0.717, 1.165) is 0 Å². The summed E-state index contributed by atoms with van der Waals surface area (Å²) in [6.07, 6.45) is -4.47. The summed E-state index contributed by atoms with van der Waals surface area (Å²) in [6.45, 7) is -0.923. The number of aliphatic hydroxyl groups excluding tert-OH is 1. The predicted molar refractivity (Wildman–Crippen MR) is 57.0 cm³/mol. The Labute approximate surface area is 103 Å². The van der Waals surface area contributed by atoms with E-state index in [4.69, 9.17) is 9.84 Å². The van der Waals surface area contributed by atoms with E-state index in [1.807, 2.05) is 0 Å². The summed E-state index contributed by atoms with van der Waals surface area (Å²) < 4.78 is 44.4. The molecular weight excluding hydrogens is 255 g/mol. The normalized spacial score (nSPS) is 11.6. The van der Waals surface area contributed by atoms with Crippen molar-refractivity contribution in [3.63, 3.8) is 0 Å². The van der Waals surface area contributed by atoms with Crippen molar-refractivity contribution in [2.75, 3.05) is 46.6 Å². The summed E-state index contributed by atoms with van der Waals surface area (Å²) in [7, 11) is 1.52. The van der Waals surface area contributed by atoms with Crippen LogP contribution in [0.4, 0.5) is 13.2 Å². The van der Waals surface area contributed by atoms with Crippen LogP contribution < -0.4 is 0 Å². The molecule has 0 radical (unpaired) electrons. The summed E-state index contributed by atoms with van der Waals surface area (Å²) in [5, 5.41) is 8.44. The number of carbonyl (C=O) groups excluding carboxylic acids is 1. The molecule has 18 heavy (non-hydrogen) atoms. The van der Waals surface area contributed by atoms with Gasteiger partial charge in [0.05, 0.1) is 32.8 Å². The second-order valence-corrected chi connectivity index (χ2v) is 3.57. The number of ether oxygens (including phenoxy) is 2. The van der Waals surface area contributed by atoms with Gasteiger partial charge in [-0.2, -0.15) is 13.2 Å². The molecule has 0 heterocycles. The van der Waals surface area contributed by atoms with Gasteiger partial charge >= 0.3 is 6.18 Å². The summed E-state index contributed by atoms with van der Waals surface area (Å²) in [6, 6.07) is 0. The van der Waals surface area contributed by atoms with E-state index >= 15 is 0 Å². The number of alkyl halides is 3. The van der Waals surface area contributed by atoms with Gasteiger partial charge in [0.1, 0.15) is 6.61 Å². The predicted octanol–water partition coefficient (Wildman–Crippen LogP) is 0.423. The lowest BCUT2D eigenvalue weighted by Gasteiger charge is -2.17. The van der Waals surface area contributed by atoms with Crippen LogP contribution in [-0.2, 0) is 14.3 Å². The lowest BCUT2D eigenvalue weighted by atomic mass is 10.4. The molecule has 0 saturated heterocycles. The molecule has 0 aliphatic rings. The van der Waals surface area contributed by atoms with Crippen LogP contribution in [0.25, 0.3) is 0 Å². The minimum absolute atomic E-state index is 0.0943. The fourth-order valence-electron chi connectivity index (χ4n) is 1.03. The monoisotopic (exact) mass is 273 g/mol. The van der Waals surface area contributed by atoms with Gasteiger partial charge in [0, 0.05) is 13.6 Å². The molecule has 0 bridgehead atoms. The molecule has 1 amide bonds. The zero-order chi connectivity index (χ0) is 14.0. The average molecular weight is 273 g/mol. The number of hydrogen-bond donors (Lipinski definition) is 1. The highest BCUT2D eigenvalue weighted by molar-refractivity contribution is 5.75. The second kappa shape index (κ2) is 9.12. The summed E-state index contributed by atoms with van der Waals surface area (Å²) in [4.78, 5) is 12.7. The average Bonchev–Trinajstić information content (AvgIpc) is 2.28. The summed E-state index contributed by atoms with van der Waals surface area (Å²) in [5.74, 6) is -0.315. The fourth-order valence-corrected chi connectivity index (χ4v) is 1.03. The zero-order valence-electron chi connectivity index (χ0n) is 10.2. The Morgan fingerprint density at radius 3 is 2.44 bits per heavy atom. The quantitative estimate of drug-likeness (QED) is 0.619. The molecule has 0 atom stereocenters. The Bertz CT molecular complexity index is 236. The first-order chi connectivity index (χ1) is 8.37. The van der Waals surface area contributed by atoms with Gasteiger partial charge in [-0.25, -0.2) is 0 Å². The van der Waals surface area contributed by atoms with E-state index in [1.54, 1.807) is 0 Å². The van der Waals surface area contributed by atoms with Gasteiger partial charge in [0.25, 0.3) is 0 Å². The van der Waals surface area contributed by atoms with E-state index < -0.39 is 12.8 Å². The molecule has 0 aliphatic heterocycles. The van der Waals surface area contributed by atoms with Gasteiger partial charge in [-0.1, -0.05) is 0 Å². The van der Waals surface area contributed by atoms with E-state index in [2.05, 4.69) is 4.74 Å². The molecule has 0 fully saturated rings. The van der Waals surface area contributed by atoms with Crippen LogP contribution in [-0.4, -0.2) is 68.7 Å². The molecule has 0 aromatic rings. The van der Waals surface area contributed by atoms with Gasteiger partial charge in [0.2, 0.25) is 5.91 Å². The summed E-state index contributed by atoms with van der Waals surface area (Å²) in [5.41, 5.74) is 0. The molecule has 0 saturated carbocycles.